The molecule has 2 rings (SSSR count). The summed E-state index contributed by atoms with van der Waals surface area (Å²) in [6, 6.07) is 10.4. The molecular weight excluding hydrogens is 430 g/mol. The Bertz CT molecular complexity index is 959. The lowest BCUT2D eigenvalue weighted by atomic mass is 10.0. The van der Waals surface area contributed by atoms with Gasteiger partial charge in [-0.2, -0.15) is 0 Å². The number of carbonyl (C=O) groups is 4. The minimum absolute atomic E-state index is 0.0613. The predicted molar refractivity (Wildman–Crippen MR) is 124 cm³/mol. The van der Waals surface area contributed by atoms with Crippen molar-refractivity contribution in [3.63, 3.8) is 0 Å². The summed E-state index contributed by atoms with van der Waals surface area (Å²) < 4.78 is 0. The van der Waals surface area contributed by atoms with E-state index in [9.17, 15) is 19.2 Å². The zero-order chi connectivity index (χ0) is 25.2. The summed E-state index contributed by atoms with van der Waals surface area (Å²) >= 11 is 0. The topological polar surface area (TPSA) is 179 Å². The quantitative estimate of drug-likeness (QED) is 0.322. The summed E-state index contributed by atoms with van der Waals surface area (Å²) in [5.41, 5.74) is 6.02. The van der Waals surface area contributed by atoms with Crippen molar-refractivity contribution in [2.45, 2.75) is 26.3 Å². The van der Waals surface area contributed by atoms with E-state index in [0.29, 0.717) is 28.1 Å². The largest absolute Gasteiger partial charge is 0.394 e. The minimum Gasteiger partial charge on any atom is -0.394 e. The molecule has 10 nitrogen and oxygen atoms in total. The molecule has 0 saturated carbocycles. The van der Waals surface area contributed by atoms with E-state index in [1.807, 2.05) is 0 Å². The van der Waals surface area contributed by atoms with Crippen LogP contribution in [0.25, 0.3) is 0 Å². The van der Waals surface area contributed by atoms with E-state index in [1.165, 1.54) is 39.0 Å². The van der Waals surface area contributed by atoms with Gasteiger partial charge in [-0.3, -0.25) is 14.4 Å². The fraction of sp³-hybridized carbons (Fsp3) is 0.304. The Morgan fingerprint density at radius 3 is 1.42 bits per heavy atom. The average Bonchev–Trinajstić information content (AvgIpc) is 2.78. The van der Waals surface area contributed by atoms with Gasteiger partial charge in [-0.1, -0.05) is 0 Å². The van der Waals surface area contributed by atoms with Crippen LogP contribution in [-0.4, -0.2) is 64.1 Å². The van der Waals surface area contributed by atoms with Crippen LogP contribution in [0.15, 0.2) is 42.5 Å². The highest BCUT2D eigenvalue weighted by atomic mass is 16.3. The number of aliphatic hydroxyl groups is 3. The second-order valence-corrected chi connectivity index (χ2v) is 7.46. The molecule has 7 N–H and O–H groups in total. The van der Waals surface area contributed by atoms with Gasteiger partial charge < -0.3 is 31.7 Å². The zero-order valence-electron chi connectivity index (χ0n) is 18.7. The Kier molecular flexibility index (Phi) is 10.5. The second-order valence-electron chi connectivity index (χ2n) is 7.46. The maximum atomic E-state index is 12.1. The Morgan fingerprint density at radius 2 is 1.09 bits per heavy atom. The summed E-state index contributed by atoms with van der Waals surface area (Å²) in [6.45, 7) is 3.03. The van der Waals surface area contributed by atoms with E-state index in [-0.39, 0.29) is 17.3 Å². The molecule has 0 atom stereocenters. The Balaban J connectivity index is 0.000000582. The minimum atomic E-state index is -1.21. The van der Waals surface area contributed by atoms with Crippen molar-refractivity contribution < 1.29 is 34.5 Å². The highest BCUT2D eigenvalue weighted by molar-refractivity contribution is 6.04. The number of Topliss-reactive ketones (excluding diaryl/α,β-unsaturated/α-hetero) is 3. The van der Waals surface area contributed by atoms with Gasteiger partial charge >= 0.3 is 6.03 Å². The number of hydrogen-bond donors (Lipinski definition) is 6. The number of hydrogen-bond acceptors (Lipinski definition) is 8. The zero-order valence-corrected chi connectivity index (χ0v) is 18.7. The van der Waals surface area contributed by atoms with E-state index < -0.39 is 31.4 Å². The first-order chi connectivity index (χ1) is 15.4. The van der Waals surface area contributed by atoms with Crippen LogP contribution in [0.5, 0.6) is 0 Å². The lowest BCUT2D eigenvalue weighted by Crippen LogP contribution is -2.50. The molecule has 0 bridgehead atoms. The SMILES string of the molecule is CC(=O)c1ccc(NC(=O)Nc2cc(C(C)=O)cc(C(C)=O)c2)cc1.NC(CO)(CO)CO. The molecule has 0 aliphatic rings. The third-order valence-electron chi connectivity index (χ3n) is 4.50. The van der Waals surface area contributed by atoms with Crippen molar-refractivity contribution in [2.75, 3.05) is 30.5 Å². The summed E-state index contributed by atoms with van der Waals surface area (Å²) in [6.07, 6.45) is 0. The Morgan fingerprint density at radius 1 is 0.697 bits per heavy atom. The van der Waals surface area contributed by atoms with Gasteiger partial charge in [0.05, 0.1) is 25.4 Å². The monoisotopic (exact) mass is 459 g/mol. The normalized spacial score (nSPS) is 10.5. The van der Waals surface area contributed by atoms with Crippen LogP contribution < -0.4 is 16.4 Å². The van der Waals surface area contributed by atoms with E-state index in [1.54, 1.807) is 24.3 Å². The standard InChI is InChI=1S/C19H18N2O4.C4H11NO3/c1-11(22)14-4-6-17(7-5-14)20-19(25)21-18-9-15(12(2)23)8-16(10-18)13(3)24;5-4(1-6,2-7)3-8/h4-10H,1-3H3,(H2,20,21,25);6-8H,1-3,5H2. The summed E-state index contributed by atoms with van der Waals surface area (Å²) in [5, 5.41) is 30.2. The molecule has 2 amide bonds. The van der Waals surface area contributed by atoms with Crippen molar-refractivity contribution in [1.29, 1.82) is 0 Å². The number of anilines is 2. The molecule has 0 aromatic heterocycles. The molecule has 33 heavy (non-hydrogen) atoms. The van der Waals surface area contributed by atoms with Gasteiger partial charge in [-0.05, 0) is 63.2 Å². The van der Waals surface area contributed by atoms with Gasteiger partial charge in [0.1, 0.15) is 0 Å². The summed E-state index contributed by atoms with van der Waals surface area (Å²) in [7, 11) is 0. The molecule has 0 aliphatic heterocycles. The fourth-order valence-corrected chi connectivity index (χ4v) is 2.34. The summed E-state index contributed by atoms with van der Waals surface area (Å²) in [5.74, 6) is -0.466. The van der Waals surface area contributed by atoms with Gasteiger partial charge in [-0.25, -0.2) is 4.79 Å². The van der Waals surface area contributed by atoms with Crippen molar-refractivity contribution in [2.24, 2.45) is 5.73 Å². The molecule has 0 saturated heterocycles. The lowest BCUT2D eigenvalue weighted by Gasteiger charge is -2.20. The van der Waals surface area contributed by atoms with Crippen molar-refractivity contribution in [1.82, 2.24) is 0 Å². The van der Waals surface area contributed by atoms with Crippen LogP contribution in [0.3, 0.4) is 0 Å². The molecule has 0 heterocycles. The summed E-state index contributed by atoms with van der Waals surface area (Å²) in [4.78, 5) is 46.5. The first kappa shape index (κ1) is 27.6. The van der Waals surface area contributed by atoms with Gasteiger partial charge in [0.15, 0.2) is 17.3 Å². The third kappa shape index (κ3) is 8.91. The first-order valence-electron chi connectivity index (χ1n) is 9.92. The molecule has 0 fully saturated rings. The Hall–Kier alpha value is -3.44. The van der Waals surface area contributed by atoms with Crippen LogP contribution in [-0.2, 0) is 0 Å². The highest BCUT2D eigenvalue weighted by Gasteiger charge is 2.20. The molecule has 10 heteroatoms. The van der Waals surface area contributed by atoms with Crippen molar-refractivity contribution >= 4 is 34.8 Å². The van der Waals surface area contributed by atoms with Crippen LogP contribution in [0, 0.1) is 0 Å². The molecule has 0 aliphatic carbocycles. The van der Waals surface area contributed by atoms with E-state index in [2.05, 4.69) is 10.6 Å². The number of nitrogens with one attached hydrogen (secondary N) is 2. The van der Waals surface area contributed by atoms with Gasteiger partial charge in [0, 0.05) is 28.1 Å². The van der Waals surface area contributed by atoms with Crippen molar-refractivity contribution in [3.05, 3.63) is 59.2 Å². The highest BCUT2D eigenvalue weighted by Crippen LogP contribution is 2.17. The van der Waals surface area contributed by atoms with E-state index >= 15 is 0 Å². The number of carbonyl (C=O) groups excluding carboxylic acids is 4. The van der Waals surface area contributed by atoms with Crippen LogP contribution in [0.2, 0.25) is 0 Å². The molecule has 2 aromatic carbocycles. The van der Waals surface area contributed by atoms with E-state index in [4.69, 9.17) is 21.1 Å². The number of aliphatic hydroxyl groups excluding tert-OH is 3. The molecule has 178 valence electrons. The van der Waals surface area contributed by atoms with Crippen LogP contribution in [0.1, 0.15) is 51.8 Å². The predicted octanol–water partition coefficient (Wildman–Crippen LogP) is 1.60. The van der Waals surface area contributed by atoms with Crippen LogP contribution in [0.4, 0.5) is 16.2 Å². The van der Waals surface area contributed by atoms with E-state index in [0.717, 1.165) is 0 Å². The third-order valence-corrected chi connectivity index (χ3v) is 4.50. The van der Waals surface area contributed by atoms with Gasteiger partial charge in [0.2, 0.25) is 0 Å². The molecule has 0 spiro atoms. The lowest BCUT2D eigenvalue weighted by molar-refractivity contribution is 0.0697. The van der Waals surface area contributed by atoms with Crippen LogP contribution >= 0.6 is 0 Å². The number of rotatable bonds is 8. The average molecular weight is 459 g/mol. The molecular formula is C23H29N3O7. The molecule has 0 radical (unpaired) electrons. The smallest absolute Gasteiger partial charge is 0.323 e. The molecule has 0 unspecified atom stereocenters. The first-order valence-corrected chi connectivity index (χ1v) is 9.92. The van der Waals surface area contributed by atoms with Gasteiger partial charge in [0.25, 0.3) is 0 Å². The number of ketones is 3. The number of amides is 2. The Labute approximate surface area is 191 Å². The number of nitrogens with two attached hydrogens (primary N) is 1. The van der Waals surface area contributed by atoms with Gasteiger partial charge in [-0.15, -0.1) is 0 Å². The second kappa shape index (κ2) is 12.6. The van der Waals surface area contributed by atoms with Crippen molar-refractivity contribution in [3.8, 4) is 0 Å². The maximum Gasteiger partial charge on any atom is 0.323 e. The fourth-order valence-electron chi connectivity index (χ4n) is 2.34. The number of urea groups is 1. The maximum absolute atomic E-state index is 12.1. The molecule has 2 aromatic rings. The number of benzene rings is 2.